The van der Waals surface area contributed by atoms with E-state index in [-0.39, 0.29) is 17.7 Å². The Balaban J connectivity index is 1.27. The van der Waals surface area contributed by atoms with Crippen LogP contribution in [-0.4, -0.2) is 35.7 Å². The Kier molecular flexibility index (Phi) is 6.39. The minimum atomic E-state index is -0.274. The van der Waals surface area contributed by atoms with Crippen molar-refractivity contribution in [2.24, 2.45) is 0 Å². The molecule has 0 unspecified atom stereocenters. The van der Waals surface area contributed by atoms with Crippen molar-refractivity contribution in [2.75, 3.05) is 0 Å². The minimum Gasteiger partial charge on any atom is -0.287 e. The molecule has 36 heavy (non-hydrogen) atoms. The third kappa shape index (κ3) is 4.71. The number of hydrogen-bond acceptors (Lipinski definition) is 7. The monoisotopic (exact) mass is 520 g/mol. The number of benzene rings is 2. The summed E-state index contributed by atoms with van der Waals surface area (Å²) in [6, 6.07) is 13.6. The molecule has 0 saturated heterocycles. The molecular weight excluding hydrogens is 498 g/mol. The Morgan fingerprint density at radius 3 is 2.03 bits per heavy atom. The van der Waals surface area contributed by atoms with Crippen LogP contribution in [0.15, 0.2) is 65.6 Å². The van der Waals surface area contributed by atoms with Crippen LogP contribution in [0.5, 0.6) is 0 Å². The molecule has 2 aromatic carbocycles. The largest absolute Gasteiger partial charge is 0.287 e. The Morgan fingerprint density at radius 1 is 0.861 bits per heavy atom. The van der Waals surface area contributed by atoms with E-state index in [0.717, 1.165) is 36.6 Å². The highest BCUT2D eigenvalue weighted by molar-refractivity contribution is 7.13. The SMILES string of the molecule is Fc1ccccc1-c1nc(CN(Cc2csc(-c3ccccc3F)n2)[C@@H]2CCc3ncnn3C2)cs1. The number of rotatable bonds is 7. The molecule has 0 bridgehead atoms. The zero-order chi connectivity index (χ0) is 24.5. The average molecular weight is 521 g/mol. The molecule has 182 valence electrons. The van der Waals surface area contributed by atoms with Crippen molar-refractivity contribution < 1.29 is 8.78 Å². The van der Waals surface area contributed by atoms with Gasteiger partial charge in [0, 0.05) is 47.4 Å². The van der Waals surface area contributed by atoms with Gasteiger partial charge in [-0.3, -0.25) is 4.90 Å². The predicted molar refractivity (Wildman–Crippen MR) is 136 cm³/mol. The highest BCUT2D eigenvalue weighted by Gasteiger charge is 2.27. The molecule has 0 radical (unpaired) electrons. The summed E-state index contributed by atoms with van der Waals surface area (Å²) in [5.74, 6) is 0.450. The van der Waals surface area contributed by atoms with Crippen LogP contribution in [0.4, 0.5) is 8.78 Å². The molecule has 3 aromatic heterocycles. The van der Waals surface area contributed by atoms with Crippen molar-refractivity contribution in [3.8, 4) is 21.1 Å². The highest BCUT2D eigenvalue weighted by Crippen LogP contribution is 2.30. The van der Waals surface area contributed by atoms with Gasteiger partial charge < -0.3 is 0 Å². The first kappa shape index (κ1) is 23.1. The van der Waals surface area contributed by atoms with Gasteiger partial charge in [0.25, 0.3) is 0 Å². The Labute approximate surface area is 214 Å². The van der Waals surface area contributed by atoms with Crippen molar-refractivity contribution in [3.63, 3.8) is 0 Å². The van der Waals surface area contributed by atoms with Crippen LogP contribution in [0.2, 0.25) is 0 Å². The number of thiazole rings is 2. The quantitative estimate of drug-likeness (QED) is 0.271. The van der Waals surface area contributed by atoms with Crippen LogP contribution in [0.3, 0.4) is 0 Å². The summed E-state index contributed by atoms with van der Waals surface area (Å²) in [4.78, 5) is 16.2. The van der Waals surface area contributed by atoms with Gasteiger partial charge in [-0.25, -0.2) is 28.4 Å². The molecule has 0 amide bonds. The van der Waals surface area contributed by atoms with E-state index in [2.05, 4.69) is 15.0 Å². The fourth-order valence-electron chi connectivity index (χ4n) is 4.53. The van der Waals surface area contributed by atoms with Gasteiger partial charge in [0.05, 0.1) is 17.9 Å². The van der Waals surface area contributed by atoms with Crippen LogP contribution in [0.1, 0.15) is 23.6 Å². The smallest absolute Gasteiger partial charge is 0.138 e. The molecule has 0 spiro atoms. The van der Waals surface area contributed by atoms with Gasteiger partial charge in [-0.2, -0.15) is 5.10 Å². The average Bonchev–Trinajstić information content (AvgIpc) is 3.65. The van der Waals surface area contributed by atoms with E-state index in [1.54, 1.807) is 30.6 Å². The first-order valence-corrected chi connectivity index (χ1v) is 13.4. The van der Waals surface area contributed by atoms with E-state index in [4.69, 9.17) is 9.97 Å². The second kappa shape index (κ2) is 9.96. The maximum Gasteiger partial charge on any atom is 0.138 e. The lowest BCUT2D eigenvalue weighted by molar-refractivity contribution is 0.132. The molecule has 6 nitrogen and oxygen atoms in total. The molecule has 10 heteroatoms. The molecule has 1 aliphatic heterocycles. The predicted octanol–water partition coefficient (Wildman–Crippen LogP) is 5.82. The van der Waals surface area contributed by atoms with Gasteiger partial charge in [0.2, 0.25) is 0 Å². The molecule has 0 N–H and O–H groups in total. The van der Waals surface area contributed by atoms with Crippen LogP contribution in [-0.2, 0) is 26.1 Å². The van der Waals surface area contributed by atoms with Crippen LogP contribution in [0, 0.1) is 11.6 Å². The van der Waals surface area contributed by atoms with E-state index in [9.17, 15) is 8.78 Å². The van der Waals surface area contributed by atoms with Crippen LogP contribution < -0.4 is 0 Å². The Bertz CT molecular complexity index is 1410. The Morgan fingerprint density at radius 2 is 1.44 bits per heavy atom. The lowest BCUT2D eigenvalue weighted by Gasteiger charge is -2.33. The van der Waals surface area contributed by atoms with Crippen molar-refractivity contribution in [3.05, 3.63) is 94.5 Å². The second-order valence-electron chi connectivity index (χ2n) is 8.70. The zero-order valence-electron chi connectivity index (χ0n) is 19.2. The molecule has 0 saturated carbocycles. The zero-order valence-corrected chi connectivity index (χ0v) is 20.9. The number of nitrogens with zero attached hydrogens (tertiary/aromatic N) is 6. The lowest BCUT2D eigenvalue weighted by Crippen LogP contribution is -2.41. The second-order valence-corrected chi connectivity index (χ2v) is 10.4. The summed E-state index contributed by atoms with van der Waals surface area (Å²) in [6.07, 6.45) is 3.38. The van der Waals surface area contributed by atoms with Gasteiger partial charge in [-0.1, -0.05) is 24.3 Å². The van der Waals surface area contributed by atoms with Gasteiger partial charge in [-0.15, -0.1) is 22.7 Å². The summed E-state index contributed by atoms with van der Waals surface area (Å²) in [7, 11) is 0. The number of aromatic nitrogens is 5. The molecular formula is C26H22F2N6S2. The molecule has 6 rings (SSSR count). The van der Waals surface area contributed by atoms with Crippen LogP contribution >= 0.6 is 22.7 Å². The first-order valence-electron chi connectivity index (χ1n) is 11.6. The number of aryl methyl sites for hydroxylation is 1. The molecule has 1 aliphatic rings. The maximum atomic E-state index is 14.3. The van der Waals surface area contributed by atoms with Crippen molar-refractivity contribution >= 4 is 22.7 Å². The summed E-state index contributed by atoms with van der Waals surface area (Å²) >= 11 is 2.89. The molecule has 4 heterocycles. The standard InChI is InChI=1S/C26H22F2N6S2/c27-22-7-3-1-5-20(22)25-31-17(14-35-25)11-33(19-9-10-24-29-16-30-34(24)13-19)12-18-15-36-26(32-18)21-6-2-4-8-23(21)28/h1-8,14-16,19H,9-13H2/t19-/m1/s1. The van der Waals surface area contributed by atoms with E-state index in [1.807, 2.05) is 27.6 Å². The molecule has 1 atom stereocenters. The molecule has 5 aromatic rings. The molecule has 0 fully saturated rings. The highest BCUT2D eigenvalue weighted by atomic mass is 32.1. The summed E-state index contributed by atoms with van der Waals surface area (Å²) < 4.78 is 30.6. The maximum absolute atomic E-state index is 14.3. The van der Waals surface area contributed by atoms with Gasteiger partial charge in [0.15, 0.2) is 0 Å². The third-order valence-electron chi connectivity index (χ3n) is 6.34. The molecule has 0 aliphatic carbocycles. The van der Waals surface area contributed by atoms with Crippen molar-refractivity contribution in [1.29, 1.82) is 0 Å². The summed E-state index contributed by atoms with van der Waals surface area (Å²) in [5.41, 5.74) is 2.79. The topological polar surface area (TPSA) is 59.7 Å². The number of hydrogen-bond donors (Lipinski definition) is 0. The fourth-order valence-corrected chi connectivity index (χ4v) is 6.20. The summed E-state index contributed by atoms with van der Waals surface area (Å²) in [6.45, 7) is 1.91. The van der Waals surface area contributed by atoms with Gasteiger partial charge in [-0.05, 0) is 30.7 Å². The van der Waals surface area contributed by atoms with E-state index < -0.39 is 0 Å². The number of fused-ring (bicyclic) bond motifs is 1. The third-order valence-corrected chi connectivity index (χ3v) is 8.19. The van der Waals surface area contributed by atoms with Gasteiger partial charge in [0.1, 0.15) is 33.8 Å². The lowest BCUT2D eigenvalue weighted by atomic mass is 10.1. The number of halogens is 2. The normalized spacial score (nSPS) is 15.4. The Hall–Kier alpha value is -3.34. The van der Waals surface area contributed by atoms with E-state index in [0.29, 0.717) is 34.2 Å². The minimum absolute atomic E-state index is 0.205. The van der Waals surface area contributed by atoms with Crippen molar-refractivity contribution in [1.82, 2.24) is 29.6 Å². The van der Waals surface area contributed by atoms with Crippen molar-refractivity contribution in [2.45, 2.75) is 38.5 Å². The fraction of sp³-hybridized carbons (Fsp3) is 0.231. The van der Waals surface area contributed by atoms with Gasteiger partial charge >= 0.3 is 0 Å². The van der Waals surface area contributed by atoms with E-state index in [1.165, 1.54) is 34.8 Å². The van der Waals surface area contributed by atoms with Crippen LogP contribution in [0.25, 0.3) is 21.1 Å². The summed E-state index contributed by atoms with van der Waals surface area (Å²) in [5, 5.41) is 9.69. The van der Waals surface area contributed by atoms with E-state index >= 15 is 0 Å². The first-order chi connectivity index (χ1) is 17.6.